The largest absolute Gasteiger partial charge is 0.493 e. The van der Waals surface area contributed by atoms with Crippen LogP contribution in [-0.2, 0) is 19.5 Å². The number of aryl methyl sites for hydroxylation is 1. The monoisotopic (exact) mass is 370 g/mol. The van der Waals surface area contributed by atoms with E-state index in [2.05, 4.69) is 41.0 Å². The van der Waals surface area contributed by atoms with E-state index in [9.17, 15) is 9.90 Å². The Kier molecular flexibility index (Phi) is 5.25. The first-order valence-electron chi connectivity index (χ1n) is 10.2. The van der Waals surface area contributed by atoms with Gasteiger partial charge in [-0.15, -0.1) is 0 Å². The van der Waals surface area contributed by atoms with Gasteiger partial charge in [0.2, 0.25) is 5.88 Å². The van der Waals surface area contributed by atoms with Crippen LogP contribution < -0.4 is 10.6 Å². The maximum atomic E-state index is 12.3. The molecular formula is C21H30N4O2. The third kappa shape index (κ3) is 3.63. The molecule has 0 unspecified atom stereocenters. The average molecular weight is 370 g/mol. The lowest BCUT2D eigenvalue weighted by Crippen LogP contribution is -2.46. The number of imidazole rings is 1. The molecule has 1 saturated heterocycles. The number of para-hydroxylation sites is 1. The molecule has 0 radical (unpaired) electrons. The van der Waals surface area contributed by atoms with Crippen LogP contribution in [0.4, 0.5) is 5.69 Å². The summed E-state index contributed by atoms with van der Waals surface area (Å²) in [6.07, 6.45) is 3.76. The van der Waals surface area contributed by atoms with E-state index >= 15 is 0 Å². The fraction of sp³-hybridized carbons (Fsp3) is 0.571. The van der Waals surface area contributed by atoms with Crippen LogP contribution in [0.15, 0.2) is 29.1 Å². The van der Waals surface area contributed by atoms with Crippen LogP contribution >= 0.6 is 0 Å². The van der Waals surface area contributed by atoms with Crippen molar-refractivity contribution in [3.8, 4) is 5.88 Å². The van der Waals surface area contributed by atoms with Crippen LogP contribution in [0.25, 0.3) is 0 Å². The molecule has 1 N–H and O–H groups in total. The van der Waals surface area contributed by atoms with E-state index in [0.29, 0.717) is 6.54 Å². The SMILES string of the molecule is Cc1ccccc1N1CCN(CCCCn2c(O)c3n(c2=O)CCC3)CC1. The molecular weight excluding hydrogens is 340 g/mol. The Morgan fingerprint density at radius 1 is 1.00 bits per heavy atom. The van der Waals surface area contributed by atoms with Crippen molar-refractivity contribution in [1.29, 1.82) is 0 Å². The number of fused-ring (bicyclic) bond motifs is 1. The van der Waals surface area contributed by atoms with E-state index in [1.807, 2.05) is 0 Å². The van der Waals surface area contributed by atoms with Gasteiger partial charge >= 0.3 is 5.69 Å². The highest BCUT2D eigenvalue weighted by molar-refractivity contribution is 5.53. The Balaban J connectivity index is 1.22. The average Bonchev–Trinajstić information content (AvgIpc) is 3.25. The van der Waals surface area contributed by atoms with Crippen molar-refractivity contribution in [3.05, 3.63) is 46.0 Å². The minimum Gasteiger partial charge on any atom is -0.493 e. The van der Waals surface area contributed by atoms with Gasteiger partial charge in [-0.05, 0) is 50.8 Å². The Bertz CT molecular complexity index is 846. The molecule has 1 aromatic heterocycles. The van der Waals surface area contributed by atoms with E-state index in [4.69, 9.17) is 0 Å². The van der Waals surface area contributed by atoms with Gasteiger partial charge in [-0.25, -0.2) is 4.79 Å². The zero-order valence-corrected chi connectivity index (χ0v) is 16.2. The molecule has 0 bridgehead atoms. The third-order valence-corrected chi connectivity index (χ3v) is 6.03. The molecule has 1 fully saturated rings. The number of anilines is 1. The minimum atomic E-state index is -0.0353. The summed E-state index contributed by atoms with van der Waals surface area (Å²) in [6, 6.07) is 8.60. The number of rotatable bonds is 6. The first-order chi connectivity index (χ1) is 13.1. The number of aromatic nitrogens is 2. The second kappa shape index (κ2) is 7.80. The number of unbranched alkanes of at least 4 members (excludes halogenated alkanes) is 1. The predicted octanol–water partition coefficient (Wildman–Crippen LogP) is 2.21. The van der Waals surface area contributed by atoms with Gasteiger partial charge in [0.15, 0.2) is 0 Å². The number of hydrogen-bond donors (Lipinski definition) is 1. The summed E-state index contributed by atoms with van der Waals surface area (Å²) >= 11 is 0. The standard InChI is InChI=1S/C21H30N4O2/c1-17-7-2-3-8-18(17)23-15-13-22(14-16-23)10-4-5-11-25-20(26)19-9-6-12-24(19)21(25)27/h2-3,7-8,26H,4-6,9-16H2,1H3. The van der Waals surface area contributed by atoms with Gasteiger partial charge in [-0.1, -0.05) is 18.2 Å². The lowest BCUT2D eigenvalue weighted by molar-refractivity contribution is 0.250. The highest BCUT2D eigenvalue weighted by Gasteiger charge is 2.23. The van der Waals surface area contributed by atoms with Gasteiger partial charge in [0.1, 0.15) is 0 Å². The molecule has 6 nitrogen and oxygen atoms in total. The van der Waals surface area contributed by atoms with Crippen molar-refractivity contribution in [2.24, 2.45) is 0 Å². The second-order valence-electron chi connectivity index (χ2n) is 7.78. The van der Waals surface area contributed by atoms with E-state index in [-0.39, 0.29) is 11.6 Å². The molecule has 0 aliphatic carbocycles. The van der Waals surface area contributed by atoms with Crippen LogP contribution in [0.5, 0.6) is 5.88 Å². The Morgan fingerprint density at radius 3 is 2.48 bits per heavy atom. The van der Waals surface area contributed by atoms with Gasteiger partial charge in [0, 0.05) is 45.0 Å². The summed E-state index contributed by atoms with van der Waals surface area (Å²) < 4.78 is 3.30. The number of aromatic hydroxyl groups is 1. The van der Waals surface area contributed by atoms with Gasteiger partial charge in [0.25, 0.3) is 0 Å². The van der Waals surface area contributed by atoms with E-state index < -0.39 is 0 Å². The first kappa shape index (κ1) is 18.2. The molecule has 6 heteroatoms. The lowest BCUT2D eigenvalue weighted by atomic mass is 10.1. The zero-order valence-electron chi connectivity index (χ0n) is 16.2. The van der Waals surface area contributed by atoms with E-state index in [0.717, 1.165) is 70.6 Å². The maximum Gasteiger partial charge on any atom is 0.331 e. The van der Waals surface area contributed by atoms with E-state index in [1.54, 1.807) is 9.13 Å². The maximum absolute atomic E-state index is 12.3. The zero-order chi connectivity index (χ0) is 18.8. The fourth-order valence-electron chi connectivity index (χ4n) is 4.45. The number of hydrogen-bond acceptors (Lipinski definition) is 4. The molecule has 0 atom stereocenters. The van der Waals surface area contributed by atoms with Gasteiger partial charge < -0.3 is 10.0 Å². The van der Waals surface area contributed by atoms with Crippen LogP contribution in [0.1, 0.15) is 30.5 Å². The fourth-order valence-corrected chi connectivity index (χ4v) is 4.45. The Labute approximate surface area is 160 Å². The molecule has 0 saturated carbocycles. The predicted molar refractivity (Wildman–Crippen MR) is 108 cm³/mol. The van der Waals surface area contributed by atoms with Gasteiger partial charge in [-0.2, -0.15) is 0 Å². The first-order valence-corrected chi connectivity index (χ1v) is 10.2. The molecule has 0 amide bonds. The van der Waals surface area contributed by atoms with Crippen LogP contribution in [-0.4, -0.2) is 51.9 Å². The third-order valence-electron chi connectivity index (χ3n) is 6.03. The van der Waals surface area contributed by atoms with Crippen molar-refractivity contribution in [2.45, 2.75) is 45.7 Å². The number of piperazine rings is 1. The topological polar surface area (TPSA) is 53.6 Å². The Morgan fingerprint density at radius 2 is 1.74 bits per heavy atom. The highest BCUT2D eigenvalue weighted by atomic mass is 16.3. The van der Waals surface area contributed by atoms with Gasteiger partial charge in [0.05, 0.1) is 5.69 Å². The molecule has 4 rings (SSSR count). The van der Waals surface area contributed by atoms with Crippen LogP contribution in [0.3, 0.4) is 0 Å². The summed E-state index contributed by atoms with van der Waals surface area (Å²) in [4.78, 5) is 17.3. The smallest absolute Gasteiger partial charge is 0.331 e. The van der Waals surface area contributed by atoms with Gasteiger partial charge in [-0.3, -0.25) is 14.0 Å². The summed E-state index contributed by atoms with van der Waals surface area (Å²) in [5.74, 6) is 0.198. The Hall–Kier alpha value is -2.21. The molecule has 146 valence electrons. The van der Waals surface area contributed by atoms with Crippen molar-refractivity contribution < 1.29 is 5.11 Å². The number of nitrogens with zero attached hydrogens (tertiary/aromatic N) is 4. The summed E-state index contributed by atoms with van der Waals surface area (Å²) in [6.45, 7) is 8.91. The molecule has 0 spiro atoms. The summed E-state index contributed by atoms with van der Waals surface area (Å²) in [5, 5.41) is 10.3. The summed E-state index contributed by atoms with van der Waals surface area (Å²) in [7, 11) is 0. The summed E-state index contributed by atoms with van der Waals surface area (Å²) in [5.41, 5.74) is 3.49. The van der Waals surface area contributed by atoms with Crippen molar-refractivity contribution in [3.63, 3.8) is 0 Å². The molecule has 2 aliphatic heterocycles. The number of benzene rings is 1. The quantitative estimate of drug-likeness (QED) is 0.792. The van der Waals surface area contributed by atoms with Crippen LogP contribution in [0, 0.1) is 6.92 Å². The molecule has 1 aromatic carbocycles. The molecule has 27 heavy (non-hydrogen) atoms. The van der Waals surface area contributed by atoms with Crippen molar-refractivity contribution >= 4 is 5.69 Å². The van der Waals surface area contributed by atoms with E-state index in [1.165, 1.54) is 11.3 Å². The normalized spacial score (nSPS) is 17.4. The lowest BCUT2D eigenvalue weighted by Gasteiger charge is -2.36. The van der Waals surface area contributed by atoms with Crippen molar-refractivity contribution in [1.82, 2.24) is 14.0 Å². The minimum absolute atomic E-state index is 0.0353. The second-order valence-corrected chi connectivity index (χ2v) is 7.78. The molecule has 3 heterocycles. The van der Waals surface area contributed by atoms with Crippen LogP contribution in [0.2, 0.25) is 0 Å². The van der Waals surface area contributed by atoms with Crippen molar-refractivity contribution in [2.75, 3.05) is 37.6 Å². The molecule has 2 aliphatic rings. The molecule has 2 aromatic rings. The highest BCUT2D eigenvalue weighted by Crippen LogP contribution is 2.23.